The first-order valence-corrected chi connectivity index (χ1v) is 8.63. The number of nitrogens with one attached hydrogen (secondary N) is 1. The molecule has 0 radical (unpaired) electrons. The molecule has 0 amide bonds. The molecular weight excluding hydrogens is 266 g/mol. The van der Waals surface area contributed by atoms with Gasteiger partial charge in [-0.15, -0.1) is 11.8 Å². The Morgan fingerprint density at radius 2 is 1.89 bits per heavy atom. The molecule has 0 atom stereocenters. The minimum atomic E-state index is 0.644. The predicted molar refractivity (Wildman–Crippen MR) is 79.3 cm³/mol. The van der Waals surface area contributed by atoms with Gasteiger partial charge in [0.15, 0.2) is 11.5 Å². The van der Waals surface area contributed by atoms with Gasteiger partial charge in [-0.05, 0) is 30.2 Å². The van der Waals surface area contributed by atoms with Gasteiger partial charge >= 0.3 is 0 Å². The van der Waals surface area contributed by atoms with Crippen molar-refractivity contribution in [3.05, 3.63) is 17.7 Å². The first-order valence-electron chi connectivity index (χ1n) is 6.01. The summed E-state index contributed by atoms with van der Waals surface area (Å²) in [5, 5.41) is 3.45. The molecule has 3 nitrogen and oxygen atoms in total. The third-order valence-electron chi connectivity index (χ3n) is 2.74. The van der Waals surface area contributed by atoms with E-state index in [1.54, 1.807) is 11.8 Å². The molecule has 0 fully saturated rings. The number of thioether (sulfide) groups is 2. The number of fused-ring (bicyclic) bond motifs is 1. The zero-order valence-corrected chi connectivity index (χ0v) is 12.5. The lowest BCUT2D eigenvalue weighted by Crippen LogP contribution is -2.19. The van der Waals surface area contributed by atoms with E-state index in [9.17, 15) is 0 Å². The SMILES string of the molecule is CSCCNCc1cc2c(cc1SC)OCCO2. The van der Waals surface area contributed by atoms with Gasteiger partial charge in [0.25, 0.3) is 0 Å². The van der Waals surface area contributed by atoms with Crippen LogP contribution in [0.5, 0.6) is 11.5 Å². The Bertz CT molecular complexity index is 399. The number of hydrogen-bond acceptors (Lipinski definition) is 5. The summed E-state index contributed by atoms with van der Waals surface area (Å²) in [6, 6.07) is 4.19. The summed E-state index contributed by atoms with van der Waals surface area (Å²) >= 11 is 3.61. The van der Waals surface area contributed by atoms with Crippen molar-refractivity contribution in [2.75, 3.05) is 38.0 Å². The Morgan fingerprint density at radius 1 is 1.17 bits per heavy atom. The van der Waals surface area contributed by atoms with E-state index in [4.69, 9.17) is 9.47 Å². The molecular formula is C13H19NO2S2. The Morgan fingerprint density at radius 3 is 2.56 bits per heavy atom. The second-order valence-electron chi connectivity index (χ2n) is 3.98. The van der Waals surface area contributed by atoms with E-state index in [-0.39, 0.29) is 0 Å². The minimum Gasteiger partial charge on any atom is -0.486 e. The minimum absolute atomic E-state index is 0.644. The molecule has 0 spiro atoms. The van der Waals surface area contributed by atoms with E-state index in [0.29, 0.717) is 13.2 Å². The van der Waals surface area contributed by atoms with E-state index < -0.39 is 0 Å². The van der Waals surface area contributed by atoms with Crippen molar-refractivity contribution >= 4 is 23.5 Å². The molecule has 0 unspecified atom stereocenters. The lowest BCUT2D eigenvalue weighted by atomic mass is 10.2. The van der Waals surface area contributed by atoms with Gasteiger partial charge in [0.05, 0.1) is 0 Å². The predicted octanol–water partition coefficient (Wildman–Crippen LogP) is 2.63. The molecule has 2 rings (SSSR count). The van der Waals surface area contributed by atoms with Crippen LogP contribution >= 0.6 is 23.5 Å². The van der Waals surface area contributed by atoms with Crippen LogP contribution in [-0.2, 0) is 6.54 Å². The van der Waals surface area contributed by atoms with E-state index in [2.05, 4.69) is 30.0 Å². The van der Waals surface area contributed by atoms with E-state index >= 15 is 0 Å². The Kier molecular flexibility index (Phi) is 5.53. The van der Waals surface area contributed by atoms with Crippen LogP contribution in [0.2, 0.25) is 0 Å². The molecule has 5 heteroatoms. The van der Waals surface area contributed by atoms with Crippen LogP contribution in [0, 0.1) is 0 Å². The molecule has 0 bridgehead atoms. The van der Waals surface area contributed by atoms with Gasteiger partial charge < -0.3 is 14.8 Å². The summed E-state index contributed by atoms with van der Waals surface area (Å²) in [5.41, 5.74) is 1.29. The van der Waals surface area contributed by atoms with Gasteiger partial charge in [-0.25, -0.2) is 0 Å². The largest absolute Gasteiger partial charge is 0.486 e. The van der Waals surface area contributed by atoms with Gasteiger partial charge in [0.2, 0.25) is 0 Å². The zero-order valence-electron chi connectivity index (χ0n) is 10.8. The maximum absolute atomic E-state index is 5.62. The van der Waals surface area contributed by atoms with Crippen molar-refractivity contribution in [3.8, 4) is 11.5 Å². The molecule has 1 aliphatic heterocycles. The summed E-state index contributed by atoms with van der Waals surface area (Å²) in [4.78, 5) is 1.26. The smallest absolute Gasteiger partial charge is 0.162 e. The van der Waals surface area contributed by atoms with Gasteiger partial charge in [0.1, 0.15) is 13.2 Å². The van der Waals surface area contributed by atoms with E-state index in [1.165, 1.54) is 10.5 Å². The van der Waals surface area contributed by atoms with Crippen LogP contribution in [0.1, 0.15) is 5.56 Å². The lowest BCUT2D eigenvalue weighted by molar-refractivity contribution is 0.171. The highest BCUT2D eigenvalue weighted by Crippen LogP contribution is 2.36. The van der Waals surface area contributed by atoms with Crippen molar-refractivity contribution in [2.24, 2.45) is 0 Å². The Hall–Kier alpha value is -0.520. The number of rotatable bonds is 6. The van der Waals surface area contributed by atoms with Gasteiger partial charge in [-0.2, -0.15) is 11.8 Å². The zero-order chi connectivity index (χ0) is 12.8. The van der Waals surface area contributed by atoms with Crippen molar-refractivity contribution < 1.29 is 9.47 Å². The summed E-state index contributed by atoms with van der Waals surface area (Å²) < 4.78 is 11.2. The highest BCUT2D eigenvalue weighted by molar-refractivity contribution is 7.98. The maximum Gasteiger partial charge on any atom is 0.162 e. The molecule has 1 aliphatic rings. The Labute approximate surface area is 117 Å². The van der Waals surface area contributed by atoms with Crippen LogP contribution in [0.25, 0.3) is 0 Å². The molecule has 1 heterocycles. The topological polar surface area (TPSA) is 30.5 Å². The normalized spacial score (nSPS) is 13.7. The molecule has 1 N–H and O–H groups in total. The summed E-state index contributed by atoms with van der Waals surface area (Å²) in [6.45, 7) is 3.20. The van der Waals surface area contributed by atoms with Crippen LogP contribution in [-0.4, -0.2) is 38.0 Å². The first-order chi connectivity index (χ1) is 8.85. The van der Waals surface area contributed by atoms with Gasteiger partial charge in [-0.1, -0.05) is 0 Å². The molecule has 0 saturated heterocycles. The number of ether oxygens (including phenoxy) is 2. The fourth-order valence-corrected chi connectivity index (χ4v) is 2.80. The molecule has 100 valence electrons. The Balaban J connectivity index is 2.07. The molecule has 0 aromatic heterocycles. The lowest BCUT2D eigenvalue weighted by Gasteiger charge is -2.20. The molecule has 1 aromatic rings. The highest BCUT2D eigenvalue weighted by atomic mass is 32.2. The van der Waals surface area contributed by atoms with Gasteiger partial charge in [0, 0.05) is 23.7 Å². The first kappa shape index (κ1) is 13.9. The summed E-state index contributed by atoms with van der Waals surface area (Å²) in [7, 11) is 0. The highest BCUT2D eigenvalue weighted by Gasteiger charge is 2.15. The maximum atomic E-state index is 5.62. The summed E-state index contributed by atoms with van der Waals surface area (Å²) in [5.74, 6) is 2.89. The molecule has 0 saturated carbocycles. The van der Waals surface area contributed by atoms with Crippen molar-refractivity contribution in [3.63, 3.8) is 0 Å². The van der Waals surface area contributed by atoms with E-state index in [1.807, 2.05) is 11.8 Å². The van der Waals surface area contributed by atoms with Gasteiger partial charge in [-0.3, -0.25) is 0 Å². The van der Waals surface area contributed by atoms with Crippen LogP contribution in [0.3, 0.4) is 0 Å². The molecule has 1 aromatic carbocycles. The standard InChI is InChI=1S/C13H19NO2S2/c1-17-6-3-14-9-10-7-11-12(8-13(10)18-2)16-5-4-15-11/h7-8,14H,3-6,9H2,1-2H3. The summed E-state index contributed by atoms with van der Waals surface area (Å²) in [6.07, 6.45) is 4.22. The average molecular weight is 285 g/mol. The van der Waals surface area contributed by atoms with Crippen LogP contribution < -0.4 is 14.8 Å². The second kappa shape index (κ2) is 7.16. The van der Waals surface area contributed by atoms with Crippen LogP contribution in [0.4, 0.5) is 0 Å². The third kappa shape index (κ3) is 3.49. The van der Waals surface area contributed by atoms with Crippen molar-refractivity contribution in [2.45, 2.75) is 11.4 Å². The average Bonchev–Trinajstić information content (AvgIpc) is 2.42. The number of benzene rings is 1. The monoisotopic (exact) mass is 285 g/mol. The molecule has 0 aliphatic carbocycles. The fourth-order valence-electron chi connectivity index (χ4n) is 1.84. The fraction of sp³-hybridized carbons (Fsp3) is 0.538. The number of hydrogen-bond donors (Lipinski definition) is 1. The van der Waals surface area contributed by atoms with Crippen LogP contribution in [0.15, 0.2) is 17.0 Å². The second-order valence-corrected chi connectivity index (χ2v) is 5.81. The van der Waals surface area contributed by atoms with E-state index in [0.717, 1.165) is 30.3 Å². The molecule has 18 heavy (non-hydrogen) atoms. The third-order valence-corrected chi connectivity index (χ3v) is 4.18. The quantitative estimate of drug-likeness (QED) is 0.641. The van der Waals surface area contributed by atoms with Crippen molar-refractivity contribution in [1.82, 2.24) is 5.32 Å². The van der Waals surface area contributed by atoms with Crippen molar-refractivity contribution in [1.29, 1.82) is 0 Å².